The summed E-state index contributed by atoms with van der Waals surface area (Å²) >= 11 is 0. The van der Waals surface area contributed by atoms with Crippen molar-refractivity contribution in [1.29, 1.82) is 0 Å². The zero-order chi connectivity index (χ0) is 16.1. The van der Waals surface area contributed by atoms with Gasteiger partial charge in [0.05, 0.1) is 6.54 Å². The summed E-state index contributed by atoms with van der Waals surface area (Å²) in [5.41, 5.74) is 10.1. The number of carbonyl (C=O) groups is 1. The van der Waals surface area contributed by atoms with Gasteiger partial charge in [0, 0.05) is 11.7 Å². The van der Waals surface area contributed by atoms with Crippen LogP contribution in [0.15, 0.2) is 12.1 Å². The number of hydrogen-bond acceptors (Lipinski definition) is 3. The van der Waals surface area contributed by atoms with Crippen molar-refractivity contribution in [2.75, 3.05) is 25.0 Å². The lowest BCUT2D eigenvalue weighted by atomic mass is 9.99. The van der Waals surface area contributed by atoms with E-state index in [1.807, 2.05) is 13.8 Å². The standard InChI is InChI=1S/C18H29N3O/c1-13-10-14(2)18(15(3)11-13)20-17(22)12-21-9-5-4-6-16(21)7-8-19/h10-11,16H,4-9,12,19H2,1-3H3,(H,20,22). The molecule has 122 valence electrons. The Morgan fingerprint density at radius 1 is 1.27 bits per heavy atom. The maximum atomic E-state index is 12.4. The van der Waals surface area contributed by atoms with Gasteiger partial charge >= 0.3 is 0 Å². The summed E-state index contributed by atoms with van der Waals surface area (Å²) in [6.07, 6.45) is 4.57. The summed E-state index contributed by atoms with van der Waals surface area (Å²) in [5, 5.41) is 3.10. The van der Waals surface area contributed by atoms with Crippen LogP contribution in [0.1, 0.15) is 42.4 Å². The predicted molar refractivity (Wildman–Crippen MR) is 92.2 cm³/mol. The highest BCUT2D eigenvalue weighted by Crippen LogP contribution is 2.23. The van der Waals surface area contributed by atoms with Gasteiger partial charge < -0.3 is 11.1 Å². The highest BCUT2D eigenvalue weighted by atomic mass is 16.2. The van der Waals surface area contributed by atoms with Crippen molar-refractivity contribution in [3.05, 3.63) is 28.8 Å². The molecule has 0 radical (unpaired) electrons. The monoisotopic (exact) mass is 303 g/mol. The second-order valence-corrected chi connectivity index (χ2v) is 6.52. The highest BCUT2D eigenvalue weighted by Gasteiger charge is 2.23. The lowest BCUT2D eigenvalue weighted by molar-refractivity contribution is -0.118. The number of amides is 1. The Kier molecular flexibility index (Phi) is 5.98. The van der Waals surface area contributed by atoms with Gasteiger partial charge in [-0.1, -0.05) is 24.1 Å². The van der Waals surface area contributed by atoms with Gasteiger partial charge in [-0.05, 0) is 64.3 Å². The topological polar surface area (TPSA) is 58.4 Å². The van der Waals surface area contributed by atoms with Crippen LogP contribution in [-0.2, 0) is 4.79 Å². The predicted octanol–water partition coefficient (Wildman–Crippen LogP) is 2.75. The van der Waals surface area contributed by atoms with Crippen molar-refractivity contribution < 1.29 is 4.79 Å². The van der Waals surface area contributed by atoms with Gasteiger partial charge in [-0.3, -0.25) is 9.69 Å². The molecule has 0 spiro atoms. The first-order valence-corrected chi connectivity index (χ1v) is 8.33. The summed E-state index contributed by atoms with van der Waals surface area (Å²) in [6.45, 7) is 8.35. The third kappa shape index (κ3) is 4.31. The number of nitrogens with one attached hydrogen (secondary N) is 1. The van der Waals surface area contributed by atoms with E-state index in [1.165, 1.54) is 18.4 Å². The van der Waals surface area contributed by atoms with E-state index in [4.69, 9.17) is 5.73 Å². The lowest BCUT2D eigenvalue weighted by Gasteiger charge is -2.35. The molecule has 1 aromatic rings. The first-order chi connectivity index (χ1) is 10.5. The zero-order valence-corrected chi connectivity index (χ0v) is 14.1. The normalized spacial score (nSPS) is 19.2. The molecule has 1 amide bonds. The number of nitrogens with two attached hydrogens (primary N) is 1. The van der Waals surface area contributed by atoms with Crippen LogP contribution >= 0.6 is 0 Å². The van der Waals surface area contributed by atoms with Crippen molar-refractivity contribution in [3.63, 3.8) is 0 Å². The number of nitrogens with zero attached hydrogens (tertiary/aromatic N) is 1. The fourth-order valence-corrected chi connectivity index (χ4v) is 3.53. The number of aryl methyl sites for hydroxylation is 3. The first-order valence-electron chi connectivity index (χ1n) is 8.33. The average Bonchev–Trinajstić information content (AvgIpc) is 2.45. The van der Waals surface area contributed by atoms with E-state index in [1.54, 1.807) is 0 Å². The van der Waals surface area contributed by atoms with Crippen molar-refractivity contribution in [2.45, 2.75) is 52.5 Å². The summed E-state index contributed by atoms with van der Waals surface area (Å²) in [7, 11) is 0. The molecule has 1 atom stereocenters. The molecule has 1 unspecified atom stereocenters. The molecule has 1 saturated heterocycles. The van der Waals surface area contributed by atoms with Crippen molar-refractivity contribution in [1.82, 2.24) is 4.90 Å². The van der Waals surface area contributed by atoms with E-state index < -0.39 is 0 Å². The largest absolute Gasteiger partial charge is 0.330 e. The molecule has 1 aliphatic heterocycles. The molecule has 4 nitrogen and oxygen atoms in total. The van der Waals surface area contributed by atoms with Gasteiger partial charge in [0.15, 0.2) is 0 Å². The summed E-state index contributed by atoms with van der Waals surface area (Å²) in [5.74, 6) is 0.0824. The van der Waals surface area contributed by atoms with Crippen LogP contribution in [0.2, 0.25) is 0 Å². The zero-order valence-electron chi connectivity index (χ0n) is 14.1. The van der Waals surface area contributed by atoms with Crippen LogP contribution in [0, 0.1) is 20.8 Å². The number of carbonyl (C=O) groups excluding carboxylic acids is 1. The Balaban J connectivity index is 2.00. The molecule has 0 bridgehead atoms. The van der Waals surface area contributed by atoms with Crippen molar-refractivity contribution >= 4 is 11.6 Å². The number of rotatable bonds is 5. The van der Waals surface area contributed by atoms with Crippen molar-refractivity contribution in [2.24, 2.45) is 5.73 Å². The number of likely N-dealkylation sites (tertiary alicyclic amines) is 1. The SMILES string of the molecule is Cc1cc(C)c(NC(=O)CN2CCCCC2CCN)c(C)c1. The highest BCUT2D eigenvalue weighted by molar-refractivity contribution is 5.93. The van der Waals surface area contributed by atoms with E-state index >= 15 is 0 Å². The second kappa shape index (κ2) is 7.75. The molecule has 2 rings (SSSR count). The van der Waals surface area contributed by atoms with Crippen LogP contribution in [0.4, 0.5) is 5.69 Å². The van der Waals surface area contributed by atoms with Crippen LogP contribution in [0.25, 0.3) is 0 Å². The van der Waals surface area contributed by atoms with Crippen molar-refractivity contribution in [3.8, 4) is 0 Å². The molecule has 0 aliphatic carbocycles. The minimum Gasteiger partial charge on any atom is -0.330 e. The molecule has 3 N–H and O–H groups in total. The average molecular weight is 303 g/mol. The quantitative estimate of drug-likeness (QED) is 0.879. The minimum atomic E-state index is 0.0824. The molecule has 22 heavy (non-hydrogen) atoms. The summed E-state index contributed by atoms with van der Waals surface area (Å²) in [4.78, 5) is 14.7. The van der Waals surface area contributed by atoms with E-state index in [-0.39, 0.29) is 5.91 Å². The van der Waals surface area contributed by atoms with Crippen LogP contribution in [-0.4, -0.2) is 36.5 Å². The van der Waals surface area contributed by atoms with Gasteiger partial charge in [-0.25, -0.2) is 0 Å². The van der Waals surface area contributed by atoms with E-state index in [0.29, 0.717) is 19.1 Å². The van der Waals surface area contributed by atoms with Gasteiger partial charge in [0.25, 0.3) is 0 Å². The molecular formula is C18H29N3O. The first kappa shape index (κ1) is 17.0. The third-order valence-electron chi connectivity index (χ3n) is 4.54. The third-order valence-corrected chi connectivity index (χ3v) is 4.54. The molecule has 1 heterocycles. The Morgan fingerprint density at radius 2 is 1.95 bits per heavy atom. The fourth-order valence-electron chi connectivity index (χ4n) is 3.53. The van der Waals surface area contributed by atoms with Gasteiger partial charge in [0.2, 0.25) is 5.91 Å². The summed E-state index contributed by atoms with van der Waals surface area (Å²) in [6, 6.07) is 4.69. The number of piperidine rings is 1. The molecular weight excluding hydrogens is 274 g/mol. The Hall–Kier alpha value is -1.39. The fraction of sp³-hybridized carbons (Fsp3) is 0.611. The minimum absolute atomic E-state index is 0.0824. The van der Waals surface area contributed by atoms with E-state index in [0.717, 1.165) is 36.2 Å². The van der Waals surface area contributed by atoms with Crippen LogP contribution in [0.3, 0.4) is 0 Å². The molecule has 4 heteroatoms. The Labute approximate surface area is 134 Å². The molecule has 1 fully saturated rings. The van der Waals surface area contributed by atoms with Crippen LogP contribution < -0.4 is 11.1 Å². The molecule has 0 saturated carbocycles. The molecule has 1 aromatic carbocycles. The number of anilines is 1. The Morgan fingerprint density at radius 3 is 2.59 bits per heavy atom. The smallest absolute Gasteiger partial charge is 0.238 e. The number of hydrogen-bond donors (Lipinski definition) is 2. The second-order valence-electron chi connectivity index (χ2n) is 6.52. The van der Waals surface area contributed by atoms with Gasteiger partial charge in [-0.2, -0.15) is 0 Å². The lowest BCUT2D eigenvalue weighted by Crippen LogP contribution is -2.44. The molecule has 1 aliphatic rings. The van der Waals surface area contributed by atoms with Gasteiger partial charge in [-0.15, -0.1) is 0 Å². The van der Waals surface area contributed by atoms with E-state index in [2.05, 4.69) is 29.3 Å². The van der Waals surface area contributed by atoms with Crippen LogP contribution in [0.5, 0.6) is 0 Å². The van der Waals surface area contributed by atoms with Gasteiger partial charge in [0.1, 0.15) is 0 Å². The van der Waals surface area contributed by atoms with E-state index in [9.17, 15) is 4.79 Å². The summed E-state index contributed by atoms with van der Waals surface area (Å²) < 4.78 is 0. The maximum Gasteiger partial charge on any atom is 0.238 e. The Bertz CT molecular complexity index is 502. The molecule has 0 aromatic heterocycles. The maximum absolute atomic E-state index is 12.4. The number of benzene rings is 1.